The van der Waals surface area contributed by atoms with Crippen LogP contribution in [0.2, 0.25) is 0 Å². The highest BCUT2D eigenvalue weighted by Gasteiger charge is 2.41. The van der Waals surface area contributed by atoms with Crippen molar-refractivity contribution < 1.29 is 0 Å². The molecule has 53 heavy (non-hydrogen) atoms. The molecule has 8 aromatic rings. The van der Waals surface area contributed by atoms with E-state index in [4.69, 9.17) is 0 Å². The minimum atomic E-state index is -0.0973. The lowest BCUT2D eigenvalue weighted by Gasteiger charge is -2.24. The Morgan fingerprint density at radius 3 is 1.38 bits per heavy atom. The van der Waals surface area contributed by atoms with Crippen LogP contribution in [-0.4, -0.2) is 0 Å². The Bertz CT molecular complexity index is 2800. The molecule has 0 saturated heterocycles. The van der Waals surface area contributed by atoms with Crippen LogP contribution >= 0.6 is 0 Å². The van der Waals surface area contributed by atoms with E-state index in [1.807, 2.05) is 0 Å². The van der Waals surface area contributed by atoms with Crippen LogP contribution in [0.25, 0.3) is 77.2 Å². The van der Waals surface area contributed by atoms with Crippen molar-refractivity contribution in [3.8, 4) is 55.6 Å². The van der Waals surface area contributed by atoms with Gasteiger partial charge in [0.05, 0.1) is 0 Å². The molecule has 0 heterocycles. The molecule has 0 saturated carbocycles. The summed E-state index contributed by atoms with van der Waals surface area (Å²) in [7, 11) is 0. The van der Waals surface area contributed by atoms with Crippen LogP contribution in [0.1, 0.15) is 75.3 Å². The molecular formula is C53H44. The second-order valence-corrected chi connectivity index (χ2v) is 16.8. The Morgan fingerprint density at radius 1 is 0.321 bits per heavy atom. The van der Waals surface area contributed by atoms with E-state index in [2.05, 4.69) is 193 Å². The molecule has 0 heteroatoms. The zero-order valence-electron chi connectivity index (χ0n) is 31.5. The van der Waals surface area contributed by atoms with E-state index in [-0.39, 0.29) is 10.8 Å². The van der Waals surface area contributed by atoms with Gasteiger partial charge in [-0.05, 0) is 153 Å². The molecule has 0 atom stereocenters. The number of hydrogen-bond acceptors (Lipinski definition) is 0. The van der Waals surface area contributed by atoms with Gasteiger partial charge in [-0.1, -0.05) is 151 Å². The fourth-order valence-corrected chi connectivity index (χ4v) is 9.40. The Labute approximate surface area is 313 Å². The molecule has 0 fully saturated rings. The zero-order chi connectivity index (χ0) is 36.2. The maximum atomic E-state index is 2.51. The average Bonchev–Trinajstić information content (AvgIpc) is 3.55. The van der Waals surface area contributed by atoms with Crippen molar-refractivity contribution in [3.05, 3.63) is 179 Å². The molecule has 0 radical (unpaired) electrons. The highest BCUT2D eigenvalue weighted by Crippen LogP contribution is 2.56. The van der Waals surface area contributed by atoms with Crippen molar-refractivity contribution in [2.45, 2.75) is 58.3 Å². The maximum Gasteiger partial charge on any atom is 0.0159 e. The molecule has 10 rings (SSSR count). The topological polar surface area (TPSA) is 0 Å². The van der Waals surface area contributed by atoms with Gasteiger partial charge in [-0.3, -0.25) is 0 Å². The van der Waals surface area contributed by atoms with Crippen LogP contribution < -0.4 is 0 Å². The summed E-state index contributed by atoms with van der Waals surface area (Å²) in [6.45, 7) is 14.2. The van der Waals surface area contributed by atoms with E-state index < -0.39 is 0 Å². The van der Waals surface area contributed by atoms with E-state index in [9.17, 15) is 0 Å². The second-order valence-electron chi connectivity index (χ2n) is 16.8. The van der Waals surface area contributed by atoms with Gasteiger partial charge in [0.1, 0.15) is 0 Å². The third kappa shape index (κ3) is 4.89. The van der Waals surface area contributed by atoms with Crippen LogP contribution in [0.5, 0.6) is 0 Å². The molecule has 0 nitrogen and oxygen atoms in total. The summed E-state index contributed by atoms with van der Waals surface area (Å²) in [5, 5.41) is 5.07. The molecule has 0 amide bonds. The SMILES string of the molecule is CC(C)c1cc(-c2ccc3c(c2)C(C)(C)c2cc4c(cc2-3)C(C)(C)c2ccccc2-4)cc(-c2ccc3cc(-c4ccc5ccccc5c4)ccc3c2)c1. The van der Waals surface area contributed by atoms with Gasteiger partial charge in [-0.2, -0.15) is 0 Å². The minimum Gasteiger partial charge on any atom is -0.0619 e. The van der Waals surface area contributed by atoms with Crippen LogP contribution in [0.15, 0.2) is 152 Å². The predicted octanol–water partition coefficient (Wildman–Crippen LogP) is 14.7. The quantitative estimate of drug-likeness (QED) is 0.174. The van der Waals surface area contributed by atoms with Crippen molar-refractivity contribution in [1.82, 2.24) is 0 Å². The predicted molar refractivity (Wildman–Crippen MR) is 227 cm³/mol. The monoisotopic (exact) mass is 680 g/mol. The third-order valence-corrected chi connectivity index (χ3v) is 12.6. The summed E-state index contributed by atoms with van der Waals surface area (Å²) >= 11 is 0. The van der Waals surface area contributed by atoms with Gasteiger partial charge < -0.3 is 0 Å². The average molecular weight is 681 g/mol. The first kappa shape index (κ1) is 32.0. The molecular weight excluding hydrogens is 637 g/mol. The Balaban J connectivity index is 1.03. The largest absolute Gasteiger partial charge is 0.0619 e. The van der Waals surface area contributed by atoms with Gasteiger partial charge >= 0.3 is 0 Å². The molecule has 256 valence electrons. The smallest absolute Gasteiger partial charge is 0.0159 e. The summed E-state index contributed by atoms with van der Waals surface area (Å²) in [5.74, 6) is 0.419. The summed E-state index contributed by atoms with van der Waals surface area (Å²) in [4.78, 5) is 0. The van der Waals surface area contributed by atoms with E-state index in [0.29, 0.717) is 5.92 Å². The fraction of sp³-hybridized carbons (Fsp3) is 0.170. The number of hydrogen-bond donors (Lipinski definition) is 0. The van der Waals surface area contributed by atoms with Crippen LogP contribution in [0.4, 0.5) is 0 Å². The van der Waals surface area contributed by atoms with E-state index in [1.165, 1.54) is 105 Å². The Kier molecular flexibility index (Phi) is 6.87. The molecule has 0 N–H and O–H groups in total. The molecule has 0 spiro atoms. The van der Waals surface area contributed by atoms with Crippen LogP contribution in [0.3, 0.4) is 0 Å². The third-order valence-electron chi connectivity index (χ3n) is 12.6. The number of benzene rings is 8. The van der Waals surface area contributed by atoms with Crippen molar-refractivity contribution in [1.29, 1.82) is 0 Å². The molecule has 8 aromatic carbocycles. The highest BCUT2D eigenvalue weighted by molar-refractivity contribution is 5.94. The first-order valence-electron chi connectivity index (χ1n) is 19.2. The highest BCUT2D eigenvalue weighted by atomic mass is 14.4. The minimum absolute atomic E-state index is 0.0102. The molecule has 0 aliphatic heterocycles. The maximum absolute atomic E-state index is 2.51. The zero-order valence-corrected chi connectivity index (χ0v) is 31.5. The first-order chi connectivity index (χ1) is 25.6. The Hall–Kier alpha value is -5.72. The van der Waals surface area contributed by atoms with E-state index >= 15 is 0 Å². The lowest BCUT2D eigenvalue weighted by Crippen LogP contribution is -2.17. The van der Waals surface area contributed by atoms with Gasteiger partial charge in [0.15, 0.2) is 0 Å². The molecule has 0 unspecified atom stereocenters. The number of fused-ring (bicyclic) bond motifs is 8. The Morgan fingerprint density at radius 2 is 0.755 bits per heavy atom. The van der Waals surface area contributed by atoms with Crippen molar-refractivity contribution >= 4 is 21.5 Å². The summed E-state index contributed by atoms with van der Waals surface area (Å²) in [5.41, 5.74) is 20.2. The molecule has 2 aliphatic carbocycles. The summed E-state index contributed by atoms with van der Waals surface area (Å²) in [6.07, 6.45) is 0. The lowest BCUT2D eigenvalue weighted by molar-refractivity contribution is 0.652. The summed E-state index contributed by atoms with van der Waals surface area (Å²) in [6, 6.07) is 57.7. The normalized spacial score (nSPS) is 14.7. The van der Waals surface area contributed by atoms with E-state index in [0.717, 1.165) is 0 Å². The van der Waals surface area contributed by atoms with Crippen molar-refractivity contribution in [2.24, 2.45) is 0 Å². The first-order valence-corrected chi connectivity index (χ1v) is 19.2. The fourth-order valence-electron chi connectivity index (χ4n) is 9.40. The van der Waals surface area contributed by atoms with Gasteiger partial charge in [-0.15, -0.1) is 0 Å². The van der Waals surface area contributed by atoms with Crippen LogP contribution in [0, 0.1) is 0 Å². The molecule has 0 bridgehead atoms. The van der Waals surface area contributed by atoms with Gasteiger partial charge in [0, 0.05) is 10.8 Å². The number of rotatable bonds is 4. The molecule has 2 aliphatic rings. The van der Waals surface area contributed by atoms with Gasteiger partial charge in [-0.25, -0.2) is 0 Å². The van der Waals surface area contributed by atoms with Gasteiger partial charge in [0.2, 0.25) is 0 Å². The standard InChI is InChI=1S/C53H44/c1-32(2)41-26-42(39-20-19-37-24-36(17-18-38(37)25-39)35-16-15-33-11-7-8-12-34(33)23-35)28-43(27-41)40-21-22-45-47-31-50-46(30-51(47)53(5,6)49(45)29-40)44-13-9-10-14-48(44)52(50,3)4/h7-32H,1-6H3. The molecule has 0 aromatic heterocycles. The summed E-state index contributed by atoms with van der Waals surface area (Å²) < 4.78 is 0. The van der Waals surface area contributed by atoms with Crippen molar-refractivity contribution in [3.63, 3.8) is 0 Å². The second kappa shape index (κ2) is 11.4. The van der Waals surface area contributed by atoms with Gasteiger partial charge in [0.25, 0.3) is 0 Å². The van der Waals surface area contributed by atoms with Crippen LogP contribution in [-0.2, 0) is 10.8 Å². The van der Waals surface area contributed by atoms with Crippen molar-refractivity contribution in [2.75, 3.05) is 0 Å². The lowest BCUT2D eigenvalue weighted by atomic mass is 9.79. The van der Waals surface area contributed by atoms with E-state index in [1.54, 1.807) is 0 Å².